The zero-order valence-corrected chi connectivity index (χ0v) is 41.8. The first kappa shape index (κ1) is 55.6. The Morgan fingerprint density at radius 1 is 0.694 bits per heavy atom. The Morgan fingerprint density at radius 2 is 1.32 bits per heavy atom. The van der Waals surface area contributed by atoms with Gasteiger partial charge in [-0.15, -0.1) is 0 Å². The van der Waals surface area contributed by atoms with Crippen LogP contribution in [0.4, 0.5) is 0 Å². The Balaban J connectivity index is 0.829. The second-order valence-corrected chi connectivity index (χ2v) is 23.4. The molecule has 5 aliphatic heterocycles. The lowest BCUT2D eigenvalue weighted by Gasteiger charge is -2.58. The predicted octanol–water partition coefficient (Wildman–Crippen LogP) is -2.37. The molecule has 72 heavy (non-hydrogen) atoms. The van der Waals surface area contributed by atoms with Gasteiger partial charge in [0.25, 0.3) is 0 Å². The highest BCUT2D eigenvalue weighted by Gasteiger charge is 2.68. The summed E-state index contributed by atoms with van der Waals surface area (Å²) in [5.74, 6) is -0.145. The smallest absolute Gasteiger partial charge is 0.187 e. The Hall–Kier alpha value is -1.14. The van der Waals surface area contributed by atoms with Crippen molar-refractivity contribution in [3.05, 3.63) is 11.6 Å². The van der Waals surface area contributed by atoms with E-state index in [4.69, 9.17) is 42.6 Å². The Kier molecular flexibility index (Phi) is 16.7. The Bertz CT molecular complexity index is 1860. The standard InChI is InChI=1S/C50H82O22/c1-20(18-64-44-40(60)38(58)34(54)29(16-51)68-44)8-13-50(63)21(2)32-28(72-50)15-27-25-7-6-23-14-24(9-11-48(23,4)26(25)10-12-49(27,32)5)67-47-43(71-45-41(61)37(57)33(53)22(3)66-45)36(56)31(19-65-47)70-46-42(62)39(59)35(55)30(17-52)69-46/h6,20-22,24-47,51-63H,7-19H2,1-5H3/t20-,21+,22+,24+,25-,26+,27+,28+,29-,30-,31-,32+,33+,34-,35-,36+,37-,38+,39+,40-,41-,42-,43-,44-,45-,46+,47+,48+,49+,50-/m1/s1. The van der Waals surface area contributed by atoms with E-state index < -0.39 is 136 Å². The first-order valence-corrected chi connectivity index (χ1v) is 26.3. The van der Waals surface area contributed by atoms with E-state index in [1.54, 1.807) is 0 Å². The van der Waals surface area contributed by atoms with Crippen LogP contribution in [0.3, 0.4) is 0 Å². The SMILES string of the molecule is C[C@H](CC[C@@]1(O)O[C@H]2C[C@H]3[C@@H]4CC=C5C[C@@H](O[C@@H]6OC[C@@H](O[C@@H]7O[C@H](CO)[C@@H](O)[C@H](O)[C@H]7O)[C@H](O)[C@H]6O[C@H]6O[C@@H](C)[C@H](O)[C@@H](O)[C@H]6O)CC[C@]5(C)[C@H]4CC[C@]3(C)[C@H]2[C@@H]1C)CO[C@@H]1O[C@H](CO)[C@@H](O)[C@H](O)[C@H]1O. The van der Waals surface area contributed by atoms with Gasteiger partial charge in [-0.1, -0.05) is 39.3 Å². The van der Waals surface area contributed by atoms with Gasteiger partial charge < -0.3 is 109 Å². The van der Waals surface area contributed by atoms with Gasteiger partial charge in [0.15, 0.2) is 30.9 Å². The molecule has 4 aliphatic carbocycles. The Labute approximate surface area is 419 Å². The van der Waals surface area contributed by atoms with Crippen LogP contribution in [0.25, 0.3) is 0 Å². The topological polar surface area (TPSA) is 346 Å². The summed E-state index contributed by atoms with van der Waals surface area (Å²) in [6.45, 7) is 8.94. The van der Waals surface area contributed by atoms with Gasteiger partial charge in [0, 0.05) is 12.3 Å². The molecule has 0 bridgehead atoms. The van der Waals surface area contributed by atoms with E-state index in [2.05, 4.69) is 26.8 Å². The molecule has 0 aromatic rings. The maximum atomic E-state index is 12.1. The van der Waals surface area contributed by atoms with Crippen LogP contribution in [0, 0.1) is 46.3 Å². The first-order valence-electron chi connectivity index (χ1n) is 26.3. The molecular formula is C50H82O22. The molecule has 0 amide bonds. The molecule has 8 fully saturated rings. The summed E-state index contributed by atoms with van der Waals surface area (Å²) in [5, 5.41) is 137. The van der Waals surface area contributed by atoms with E-state index in [0.717, 1.165) is 32.1 Å². The molecule has 13 N–H and O–H groups in total. The lowest BCUT2D eigenvalue weighted by Crippen LogP contribution is -2.64. The van der Waals surface area contributed by atoms with Crippen LogP contribution in [0.5, 0.6) is 0 Å². The third-order valence-electron chi connectivity index (χ3n) is 19.1. The molecule has 0 radical (unpaired) electrons. The van der Waals surface area contributed by atoms with Crippen LogP contribution in [0.15, 0.2) is 11.6 Å². The first-order chi connectivity index (χ1) is 34.0. The summed E-state index contributed by atoms with van der Waals surface area (Å²) >= 11 is 0. The highest BCUT2D eigenvalue weighted by Crippen LogP contribution is 2.70. The Morgan fingerprint density at radius 3 is 1.99 bits per heavy atom. The predicted molar refractivity (Wildman–Crippen MR) is 244 cm³/mol. The van der Waals surface area contributed by atoms with Crippen LogP contribution in [0.1, 0.15) is 92.4 Å². The van der Waals surface area contributed by atoms with Crippen LogP contribution >= 0.6 is 0 Å². The number of allylic oxidation sites excluding steroid dienone is 1. The van der Waals surface area contributed by atoms with Crippen molar-refractivity contribution in [1.29, 1.82) is 0 Å². The van der Waals surface area contributed by atoms with Gasteiger partial charge in [-0.05, 0) is 98.7 Å². The summed E-state index contributed by atoms with van der Waals surface area (Å²) < 4.78 is 54.2. The van der Waals surface area contributed by atoms with E-state index in [9.17, 15) is 66.4 Å². The van der Waals surface area contributed by atoms with Crippen LogP contribution < -0.4 is 0 Å². The van der Waals surface area contributed by atoms with Crippen molar-refractivity contribution in [3.63, 3.8) is 0 Å². The number of hydrogen-bond acceptors (Lipinski definition) is 22. The number of fused-ring (bicyclic) bond motifs is 7. The molecule has 22 nitrogen and oxygen atoms in total. The lowest BCUT2D eigenvalue weighted by molar-refractivity contribution is -0.376. The molecule has 0 aromatic carbocycles. The van der Waals surface area contributed by atoms with Crippen molar-refractivity contribution < 1.29 is 109 Å². The van der Waals surface area contributed by atoms with Gasteiger partial charge >= 0.3 is 0 Å². The summed E-state index contributed by atoms with van der Waals surface area (Å²) in [5.41, 5.74) is 1.14. The molecule has 9 rings (SSSR count). The highest BCUT2D eigenvalue weighted by atomic mass is 16.8. The number of aliphatic hydroxyl groups excluding tert-OH is 12. The maximum absolute atomic E-state index is 12.1. The number of aliphatic hydroxyl groups is 13. The van der Waals surface area contributed by atoms with E-state index in [1.165, 1.54) is 12.5 Å². The van der Waals surface area contributed by atoms with Crippen molar-refractivity contribution in [1.82, 2.24) is 0 Å². The minimum Gasteiger partial charge on any atom is -0.394 e. The van der Waals surface area contributed by atoms with Gasteiger partial charge in [-0.3, -0.25) is 0 Å². The molecule has 22 heteroatoms. The van der Waals surface area contributed by atoms with E-state index in [1.807, 2.05) is 6.92 Å². The van der Waals surface area contributed by atoms with E-state index >= 15 is 0 Å². The molecule has 414 valence electrons. The number of rotatable bonds is 14. The highest BCUT2D eigenvalue weighted by molar-refractivity contribution is 5.26. The minimum atomic E-state index is -1.76. The molecule has 3 saturated carbocycles. The maximum Gasteiger partial charge on any atom is 0.187 e. The third kappa shape index (κ3) is 9.91. The number of ether oxygens (including phenoxy) is 9. The molecule has 5 heterocycles. The normalized spacial score (nSPS) is 55.1. The average Bonchev–Trinajstić information content (AvgIpc) is 3.80. The van der Waals surface area contributed by atoms with Gasteiger partial charge in [0.2, 0.25) is 0 Å². The molecule has 9 aliphatic rings. The lowest BCUT2D eigenvalue weighted by atomic mass is 9.47. The molecule has 0 unspecified atom stereocenters. The summed E-state index contributed by atoms with van der Waals surface area (Å²) in [6, 6.07) is 0. The van der Waals surface area contributed by atoms with Crippen molar-refractivity contribution in [2.75, 3.05) is 26.4 Å². The monoisotopic (exact) mass is 1030 g/mol. The fourth-order valence-electron chi connectivity index (χ4n) is 14.7. The average molecular weight is 1040 g/mol. The molecule has 0 aromatic heterocycles. The largest absolute Gasteiger partial charge is 0.394 e. The molecule has 30 atom stereocenters. The third-order valence-corrected chi connectivity index (χ3v) is 19.1. The molecule has 0 spiro atoms. The van der Waals surface area contributed by atoms with Crippen LogP contribution in [0.2, 0.25) is 0 Å². The number of hydrogen-bond donors (Lipinski definition) is 13. The summed E-state index contributed by atoms with van der Waals surface area (Å²) in [7, 11) is 0. The minimum absolute atomic E-state index is 0.0460. The van der Waals surface area contributed by atoms with Gasteiger partial charge in [-0.2, -0.15) is 0 Å². The second-order valence-electron chi connectivity index (χ2n) is 23.4. The fraction of sp³-hybridized carbons (Fsp3) is 0.960. The van der Waals surface area contributed by atoms with Crippen LogP contribution in [-0.4, -0.2) is 228 Å². The van der Waals surface area contributed by atoms with Crippen LogP contribution in [-0.2, 0) is 42.6 Å². The van der Waals surface area contributed by atoms with Crippen molar-refractivity contribution in [2.24, 2.45) is 46.3 Å². The van der Waals surface area contributed by atoms with E-state index in [-0.39, 0.29) is 54.0 Å². The van der Waals surface area contributed by atoms with Gasteiger partial charge in [0.05, 0.1) is 44.7 Å². The van der Waals surface area contributed by atoms with Crippen molar-refractivity contribution in [2.45, 2.75) is 227 Å². The zero-order chi connectivity index (χ0) is 51.9. The van der Waals surface area contributed by atoms with Crippen molar-refractivity contribution in [3.8, 4) is 0 Å². The van der Waals surface area contributed by atoms with Gasteiger partial charge in [0.1, 0.15) is 85.5 Å². The summed E-state index contributed by atoms with van der Waals surface area (Å²) in [4.78, 5) is 0. The van der Waals surface area contributed by atoms with Crippen molar-refractivity contribution >= 4 is 0 Å². The van der Waals surface area contributed by atoms with E-state index in [0.29, 0.717) is 43.4 Å². The summed E-state index contributed by atoms with van der Waals surface area (Å²) in [6.07, 6.45) is -18.9. The fourth-order valence-corrected chi connectivity index (χ4v) is 14.7. The quantitative estimate of drug-likeness (QED) is 0.0809. The molecule has 5 saturated heterocycles. The molecular weight excluding hydrogens is 953 g/mol. The van der Waals surface area contributed by atoms with Gasteiger partial charge in [-0.25, -0.2) is 0 Å². The zero-order valence-electron chi connectivity index (χ0n) is 41.8. The second kappa shape index (κ2) is 21.6.